The second-order valence-corrected chi connectivity index (χ2v) is 3.10. The molecule has 0 radical (unpaired) electrons. The third kappa shape index (κ3) is 3.85. The topological polar surface area (TPSA) is 47.6 Å². The highest BCUT2D eigenvalue weighted by Crippen LogP contribution is 1.95. The molecule has 4 nitrogen and oxygen atoms in total. The maximum Gasteiger partial charge on any atom is 0.177 e. The fourth-order valence-corrected chi connectivity index (χ4v) is 1.19. The van der Waals surface area contributed by atoms with Gasteiger partial charge in [-0.05, 0) is 6.42 Å². The molecule has 0 aromatic heterocycles. The Balaban J connectivity index is 2.13. The Labute approximate surface area is 78.6 Å². The molecule has 0 saturated carbocycles. The van der Waals surface area contributed by atoms with Crippen molar-refractivity contribution in [1.82, 2.24) is 5.32 Å². The number of nitrogens with one attached hydrogen (secondary N) is 1. The average molecular weight is 187 g/mol. The van der Waals surface area contributed by atoms with Crippen LogP contribution in [0.2, 0.25) is 0 Å². The maximum atomic E-state index is 11.4. The van der Waals surface area contributed by atoms with Crippen LogP contribution in [0.4, 0.5) is 0 Å². The van der Waals surface area contributed by atoms with E-state index < -0.39 is 0 Å². The van der Waals surface area contributed by atoms with E-state index in [0.29, 0.717) is 19.8 Å². The largest absolute Gasteiger partial charge is 0.378 e. The first-order chi connectivity index (χ1) is 6.34. The van der Waals surface area contributed by atoms with Gasteiger partial charge in [0.2, 0.25) is 0 Å². The van der Waals surface area contributed by atoms with Crippen molar-refractivity contribution in [1.29, 1.82) is 0 Å². The molecule has 1 atom stereocenters. The standard InChI is InChI=1S/C9H17NO3/c1-2-4-12-7-9(11)8-6-13-5-3-10-8/h8,10H,2-7H2,1H3. The molecular weight excluding hydrogens is 170 g/mol. The molecule has 1 unspecified atom stereocenters. The van der Waals surface area contributed by atoms with Gasteiger partial charge < -0.3 is 14.8 Å². The van der Waals surface area contributed by atoms with Gasteiger partial charge in [0.25, 0.3) is 0 Å². The van der Waals surface area contributed by atoms with Gasteiger partial charge in [0.1, 0.15) is 6.61 Å². The van der Waals surface area contributed by atoms with Gasteiger partial charge in [-0.2, -0.15) is 0 Å². The molecule has 1 aliphatic rings. The van der Waals surface area contributed by atoms with E-state index in [1.807, 2.05) is 6.92 Å². The molecule has 0 aliphatic carbocycles. The average Bonchev–Trinajstić information content (AvgIpc) is 2.19. The third-order valence-electron chi connectivity index (χ3n) is 1.90. The van der Waals surface area contributed by atoms with Crippen LogP contribution in [0.25, 0.3) is 0 Å². The van der Waals surface area contributed by atoms with E-state index in [0.717, 1.165) is 13.0 Å². The van der Waals surface area contributed by atoms with Gasteiger partial charge in [0, 0.05) is 13.2 Å². The van der Waals surface area contributed by atoms with Gasteiger partial charge >= 0.3 is 0 Å². The lowest BCUT2D eigenvalue weighted by molar-refractivity contribution is -0.128. The summed E-state index contributed by atoms with van der Waals surface area (Å²) < 4.78 is 10.3. The first kappa shape index (κ1) is 10.6. The molecule has 0 bridgehead atoms. The number of rotatable bonds is 5. The lowest BCUT2D eigenvalue weighted by atomic mass is 10.2. The van der Waals surface area contributed by atoms with Crippen molar-refractivity contribution < 1.29 is 14.3 Å². The van der Waals surface area contributed by atoms with Crippen LogP contribution in [0.5, 0.6) is 0 Å². The summed E-state index contributed by atoms with van der Waals surface area (Å²) in [4.78, 5) is 11.4. The van der Waals surface area contributed by atoms with Crippen LogP contribution in [-0.4, -0.2) is 44.8 Å². The van der Waals surface area contributed by atoms with Gasteiger partial charge in [-0.15, -0.1) is 0 Å². The molecule has 1 rings (SSSR count). The first-order valence-corrected chi connectivity index (χ1v) is 4.76. The van der Waals surface area contributed by atoms with E-state index in [2.05, 4.69) is 5.32 Å². The summed E-state index contributed by atoms with van der Waals surface area (Å²) in [5.74, 6) is 0.0909. The second kappa shape index (κ2) is 6.07. The molecule has 0 amide bonds. The molecule has 13 heavy (non-hydrogen) atoms. The van der Waals surface area contributed by atoms with Crippen molar-refractivity contribution in [3.05, 3.63) is 0 Å². The fourth-order valence-electron chi connectivity index (χ4n) is 1.19. The lowest BCUT2D eigenvalue weighted by Gasteiger charge is -2.22. The van der Waals surface area contributed by atoms with E-state index in [4.69, 9.17) is 9.47 Å². The summed E-state index contributed by atoms with van der Waals surface area (Å²) in [7, 11) is 0. The number of ether oxygens (including phenoxy) is 2. The second-order valence-electron chi connectivity index (χ2n) is 3.10. The van der Waals surface area contributed by atoms with Crippen LogP contribution in [0.1, 0.15) is 13.3 Å². The Bertz CT molecular complexity index is 155. The number of hydrogen-bond acceptors (Lipinski definition) is 4. The maximum absolute atomic E-state index is 11.4. The van der Waals surface area contributed by atoms with Gasteiger partial charge in [-0.1, -0.05) is 6.92 Å². The summed E-state index contributed by atoms with van der Waals surface area (Å²) in [5, 5.41) is 3.09. The molecule has 1 aliphatic heterocycles. The third-order valence-corrected chi connectivity index (χ3v) is 1.90. The van der Waals surface area contributed by atoms with Crippen LogP contribution >= 0.6 is 0 Å². The van der Waals surface area contributed by atoms with Crippen molar-refractivity contribution >= 4 is 5.78 Å². The van der Waals surface area contributed by atoms with Gasteiger partial charge in [0.15, 0.2) is 5.78 Å². The number of ketones is 1. The Hall–Kier alpha value is -0.450. The number of carbonyl (C=O) groups excluding carboxylic acids is 1. The number of morpholine rings is 1. The van der Waals surface area contributed by atoms with Gasteiger partial charge in [0.05, 0.1) is 19.3 Å². The van der Waals surface area contributed by atoms with E-state index in [-0.39, 0.29) is 18.4 Å². The SMILES string of the molecule is CCCOCC(=O)C1COCCN1. The molecule has 1 fully saturated rings. The zero-order chi connectivity index (χ0) is 9.52. The molecule has 1 N–H and O–H groups in total. The normalized spacial score (nSPS) is 23.0. The number of hydrogen-bond donors (Lipinski definition) is 1. The zero-order valence-electron chi connectivity index (χ0n) is 8.04. The summed E-state index contributed by atoms with van der Waals surface area (Å²) in [6.07, 6.45) is 0.946. The van der Waals surface area contributed by atoms with Crippen LogP contribution in [0.3, 0.4) is 0 Å². The van der Waals surface area contributed by atoms with E-state index in [1.54, 1.807) is 0 Å². The summed E-state index contributed by atoms with van der Waals surface area (Å²) in [6, 6.07) is -0.161. The Morgan fingerprint density at radius 3 is 3.15 bits per heavy atom. The lowest BCUT2D eigenvalue weighted by Crippen LogP contribution is -2.47. The number of Topliss-reactive ketones (excluding diaryl/α,β-unsaturated/α-hetero) is 1. The van der Waals surface area contributed by atoms with E-state index in [1.165, 1.54) is 0 Å². The minimum Gasteiger partial charge on any atom is -0.378 e. The Morgan fingerprint density at radius 1 is 1.69 bits per heavy atom. The van der Waals surface area contributed by atoms with Crippen LogP contribution in [0.15, 0.2) is 0 Å². The van der Waals surface area contributed by atoms with Crippen LogP contribution in [-0.2, 0) is 14.3 Å². The molecule has 1 heterocycles. The van der Waals surface area contributed by atoms with E-state index in [9.17, 15) is 4.79 Å². The van der Waals surface area contributed by atoms with Crippen molar-refractivity contribution in [2.75, 3.05) is 33.0 Å². The van der Waals surface area contributed by atoms with Crippen LogP contribution in [0, 0.1) is 0 Å². The quantitative estimate of drug-likeness (QED) is 0.614. The number of carbonyl (C=O) groups is 1. The molecule has 1 saturated heterocycles. The smallest absolute Gasteiger partial charge is 0.177 e. The highest BCUT2D eigenvalue weighted by molar-refractivity contribution is 5.85. The van der Waals surface area contributed by atoms with Crippen molar-refractivity contribution in [2.45, 2.75) is 19.4 Å². The molecule has 0 aromatic rings. The summed E-state index contributed by atoms with van der Waals surface area (Å²) in [5.41, 5.74) is 0. The molecule has 4 heteroatoms. The predicted octanol–water partition coefficient (Wildman–Crippen LogP) is -0.0295. The minimum atomic E-state index is -0.161. The van der Waals surface area contributed by atoms with E-state index >= 15 is 0 Å². The monoisotopic (exact) mass is 187 g/mol. The molecule has 0 spiro atoms. The minimum absolute atomic E-state index is 0.0909. The first-order valence-electron chi connectivity index (χ1n) is 4.76. The highest BCUT2D eigenvalue weighted by atomic mass is 16.5. The summed E-state index contributed by atoms with van der Waals surface area (Å²) >= 11 is 0. The van der Waals surface area contributed by atoms with Crippen molar-refractivity contribution in [3.63, 3.8) is 0 Å². The molecule has 76 valence electrons. The predicted molar refractivity (Wildman–Crippen MR) is 48.7 cm³/mol. The van der Waals surface area contributed by atoms with Crippen LogP contribution < -0.4 is 5.32 Å². The van der Waals surface area contributed by atoms with Gasteiger partial charge in [-0.3, -0.25) is 4.79 Å². The molecule has 0 aromatic carbocycles. The zero-order valence-corrected chi connectivity index (χ0v) is 8.04. The summed E-state index contributed by atoms with van der Waals surface area (Å²) in [6.45, 7) is 4.80. The van der Waals surface area contributed by atoms with Crippen molar-refractivity contribution in [2.24, 2.45) is 0 Å². The molecular formula is C9H17NO3. The Morgan fingerprint density at radius 2 is 2.54 bits per heavy atom. The highest BCUT2D eigenvalue weighted by Gasteiger charge is 2.20. The fraction of sp³-hybridized carbons (Fsp3) is 0.889. The Kier molecular flexibility index (Phi) is 4.97. The van der Waals surface area contributed by atoms with Crippen molar-refractivity contribution in [3.8, 4) is 0 Å². The van der Waals surface area contributed by atoms with Gasteiger partial charge in [-0.25, -0.2) is 0 Å².